The Labute approximate surface area is 101 Å². The summed E-state index contributed by atoms with van der Waals surface area (Å²) in [6.07, 6.45) is 5.29. The van der Waals surface area contributed by atoms with E-state index in [2.05, 4.69) is 27.7 Å². The van der Waals surface area contributed by atoms with Crippen LogP contribution >= 0.6 is 0 Å². The first kappa shape index (κ1) is 12.4. The average Bonchev–Trinajstić information content (AvgIpc) is 2.26. The zero-order valence-electron chi connectivity index (χ0n) is 11.4. The smallest absolute Gasteiger partial charge is 0.0459 e. The van der Waals surface area contributed by atoms with Crippen LogP contribution in [0.15, 0.2) is 0 Å². The average molecular weight is 224 g/mol. The van der Waals surface area contributed by atoms with E-state index in [4.69, 9.17) is 0 Å². The van der Waals surface area contributed by atoms with Crippen molar-refractivity contribution < 1.29 is 5.11 Å². The van der Waals surface area contributed by atoms with E-state index in [1.54, 1.807) is 0 Å². The van der Waals surface area contributed by atoms with Gasteiger partial charge in [0, 0.05) is 6.61 Å². The zero-order chi connectivity index (χ0) is 11.9. The molecular formula is C15H28O. The number of rotatable bonds is 4. The lowest BCUT2D eigenvalue weighted by Crippen LogP contribution is -2.55. The molecule has 3 aliphatic carbocycles. The van der Waals surface area contributed by atoms with Gasteiger partial charge in [0.15, 0.2) is 0 Å². The van der Waals surface area contributed by atoms with E-state index in [-0.39, 0.29) is 0 Å². The molecule has 0 aliphatic heterocycles. The molecule has 2 bridgehead atoms. The van der Waals surface area contributed by atoms with Crippen LogP contribution in [-0.4, -0.2) is 11.7 Å². The van der Waals surface area contributed by atoms with Gasteiger partial charge in [-0.25, -0.2) is 0 Å². The molecule has 0 spiro atoms. The van der Waals surface area contributed by atoms with E-state index in [1.165, 1.54) is 19.3 Å². The van der Waals surface area contributed by atoms with Crippen LogP contribution < -0.4 is 0 Å². The first-order valence-electron chi connectivity index (χ1n) is 7.11. The maximum absolute atomic E-state index is 9.32. The monoisotopic (exact) mass is 224 g/mol. The molecule has 3 rings (SSSR count). The molecular weight excluding hydrogens is 196 g/mol. The minimum atomic E-state index is 0.387. The van der Waals surface area contributed by atoms with E-state index < -0.39 is 0 Å². The van der Waals surface area contributed by atoms with E-state index in [1.807, 2.05) is 0 Å². The van der Waals surface area contributed by atoms with Crippen LogP contribution in [0, 0.1) is 35.0 Å². The van der Waals surface area contributed by atoms with Gasteiger partial charge < -0.3 is 5.11 Å². The molecule has 3 aliphatic rings. The summed E-state index contributed by atoms with van der Waals surface area (Å²) in [6, 6.07) is 0. The summed E-state index contributed by atoms with van der Waals surface area (Å²) < 4.78 is 0. The molecule has 1 nitrogen and oxygen atoms in total. The molecule has 5 atom stereocenters. The van der Waals surface area contributed by atoms with Gasteiger partial charge in [0.25, 0.3) is 0 Å². The molecule has 0 unspecified atom stereocenters. The normalized spacial score (nSPS) is 42.6. The van der Waals surface area contributed by atoms with Crippen molar-refractivity contribution in [2.24, 2.45) is 35.0 Å². The van der Waals surface area contributed by atoms with Gasteiger partial charge in [0.2, 0.25) is 0 Å². The Hall–Kier alpha value is -0.0400. The van der Waals surface area contributed by atoms with Crippen molar-refractivity contribution in [3.05, 3.63) is 0 Å². The number of aliphatic hydroxyl groups is 1. The first-order chi connectivity index (χ1) is 7.50. The molecule has 1 heteroatoms. The Balaban J connectivity index is 1.95. The fourth-order valence-electron chi connectivity index (χ4n) is 4.37. The molecule has 3 fully saturated rings. The summed E-state index contributed by atoms with van der Waals surface area (Å²) in [5.74, 6) is 4.23. The Kier molecular flexibility index (Phi) is 3.36. The lowest BCUT2D eigenvalue weighted by atomic mass is 9.43. The van der Waals surface area contributed by atoms with Gasteiger partial charge in [-0.05, 0) is 54.3 Å². The second-order valence-corrected chi connectivity index (χ2v) is 6.91. The summed E-state index contributed by atoms with van der Waals surface area (Å²) >= 11 is 0. The lowest BCUT2D eigenvalue weighted by molar-refractivity contribution is -0.133. The number of aliphatic hydroxyl groups excluding tert-OH is 1. The zero-order valence-corrected chi connectivity index (χ0v) is 11.4. The van der Waals surface area contributed by atoms with Crippen LogP contribution in [-0.2, 0) is 0 Å². The predicted molar refractivity (Wildman–Crippen MR) is 68.1 cm³/mol. The fraction of sp³-hybridized carbons (Fsp3) is 1.00. The highest BCUT2D eigenvalue weighted by atomic mass is 16.3. The first-order valence-corrected chi connectivity index (χ1v) is 7.11. The third kappa shape index (κ3) is 1.81. The molecule has 0 aromatic carbocycles. The molecule has 1 N–H and O–H groups in total. The van der Waals surface area contributed by atoms with Gasteiger partial charge >= 0.3 is 0 Å². The van der Waals surface area contributed by atoms with E-state index in [9.17, 15) is 5.11 Å². The SMILES string of the molecule is CC[C@@H](CO)C[C@H]1C[C@H]2C[C@@H]([C@@H]1C)C2(C)C. The van der Waals surface area contributed by atoms with Crippen molar-refractivity contribution >= 4 is 0 Å². The van der Waals surface area contributed by atoms with Crippen molar-refractivity contribution in [2.45, 2.75) is 53.4 Å². The third-order valence-electron chi connectivity index (χ3n) is 5.98. The van der Waals surface area contributed by atoms with Crippen LogP contribution in [0.3, 0.4) is 0 Å². The van der Waals surface area contributed by atoms with Gasteiger partial charge in [0.05, 0.1) is 0 Å². The van der Waals surface area contributed by atoms with Crippen molar-refractivity contribution in [1.29, 1.82) is 0 Å². The Bertz CT molecular complexity index is 240. The van der Waals surface area contributed by atoms with Crippen LogP contribution in [0.1, 0.15) is 53.4 Å². The molecule has 0 aromatic heterocycles. The molecule has 0 amide bonds. The minimum absolute atomic E-state index is 0.387. The summed E-state index contributed by atoms with van der Waals surface area (Å²) in [5, 5.41) is 9.32. The predicted octanol–water partition coefficient (Wildman–Crippen LogP) is 3.71. The number of hydrogen-bond donors (Lipinski definition) is 1. The summed E-state index contributed by atoms with van der Waals surface area (Å²) in [4.78, 5) is 0. The van der Waals surface area contributed by atoms with Crippen molar-refractivity contribution in [1.82, 2.24) is 0 Å². The van der Waals surface area contributed by atoms with Gasteiger partial charge in [-0.1, -0.05) is 34.1 Å². The third-order valence-corrected chi connectivity index (χ3v) is 5.98. The molecule has 0 radical (unpaired) electrons. The van der Waals surface area contributed by atoms with Gasteiger partial charge in [0.1, 0.15) is 0 Å². The molecule has 0 aromatic rings. The molecule has 16 heavy (non-hydrogen) atoms. The standard InChI is InChI=1S/C15H28O/c1-5-11(9-16)6-12-7-13-8-14(10(12)2)15(13,3)4/h10-14,16H,5-9H2,1-4H3/t10-,11-,12+,13+,14+/m1/s1. The van der Waals surface area contributed by atoms with Crippen LogP contribution in [0.5, 0.6) is 0 Å². The van der Waals surface area contributed by atoms with Crippen LogP contribution in [0.2, 0.25) is 0 Å². The lowest BCUT2D eigenvalue weighted by Gasteiger charge is -2.62. The second kappa shape index (κ2) is 4.33. The maximum Gasteiger partial charge on any atom is 0.0459 e. The molecule has 3 saturated carbocycles. The Morgan fingerprint density at radius 2 is 2.00 bits per heavy atom. The topological polar surface area (TPSA) is 20.2 Å². The van der Waals surface area contributed by atoms with Crippen molar-refractivity contribution in [2.75, 3.05) is 6.61 Å². The maximum atomic E-state index is 9.32. The largest absolute Gasteiger partial charge is 0.396 e. The summed E-state index contributed by atoms with van der Waals surface area (Å²) in [6.45, 7) is 9.97. The molecule has 0 saturated heterocycles. The number of fused-ring (bicyclic) bond motifs is 2. The second-order valence-electron chi connectivity index (χ2n) is 6.91. The molecule has 94 valence electrons. The number of hydrogen-bond acceptors (Lipinski definition) is 1. The van der Waals surface area contributed by atoms with Gasteiger partial charge in [-0.15, -0.1) is 0 Å². The fourth-order valence-corrected chi connectivity index (χ4v) is 4.37. The molecule has 0 heterocycles. The van der Waals surface area contributed by atoms with Crippen LogP contribution in [0.25, 0.3) is 0 Å². The quantitative estimate of drug-likeness (QED) is 0.771. The summed E-state index contributed by atoms with van der Waals surface area (Å²) in [7, 11) is 0. The van der Waals surface area contributed by atoms with Gasteiger partial charge in [-0.2, -0.15) is 0 Å². The minimum Gasteiger partial charge on any atom is -0.396 e. The summed E-state index contributed by atoms with van der Waals surface area (Å²) in [5.41, 5.74) is 0.608. The van der Waals surface area contributed by atoms with E-state index in [0.29, 0.717) is 17.9 Å². The highest BCUT2D eigenvalue weighted by Gasteiger charge is 2.55. The van der Waals surface area contributed by atoms with Gasteiger partial charge in [-0.3, -0.25) is 0 Å². The van der Waals surface area contributed by atoms with E-state index >= 15 is 0 Å². The highest BCUT2D eigenvalue weighted by Crippen LogP contribution is 2.63. The highest BCUT2D eigenvalue weighted by molar-refractivity contribution is 5.04. The van der Waals surface area contributed by atoms with Crippen molar-refractivity contribution in [3.8, 4) is 0 Å². The Morgan fingerprint density at radius 1 is 1.31 bits per heavy atom. The Morgan fingerprint density at radius 3 is 2.44 bits per heavy atom. The van der Waals surface area contributed by atoms with Crippen LogP contribution in [0.4, 0.5) is 0 Å². The van der Waals surface area contributed by atoms with Crippen molar-refractivity contribution in [3.63, 3.8) is 0 Å². The van der Waals surface area contributed by atoms with E-state index in [0.717, 1.165) is 30.1 Å².